The second-order valence-electron chi connectivity index (χ2n) is 4.97. The Bertz CT molecular complexity index is 875. The van der Waals surface area contributed by atoms with Crippen molar-refractivity contribution in [1.29, 1.82) is 0 Å². The van der Waals surface area contributed by atoms with Crippen LogP contribution >= 0.6 is 12.2 Å². The fourth-order valence-electron chi connectivity index (χ4n) is 1.96. The molecule has 0 saturated heterocycles. The van der Waals surface area contributed by atoms with Gasteiger partial charge in [-0.1, -0.05) is 18.2 Å². The lowest BCUT2D eigenvalue weighted by atomic mass is 10.3. The van der Waals surface area contributed by atoms with Crippen molar-refractivity contribution in [2.75, 3.05) is 5.32 Å². The van der Waals surface area contributed by atoms with Crippen LogP contribution in [-0.2, 0) is 0 Å². The topological polar surface area (TPSA) is 79.0 Å². The number of anilines is 1. The van der Waals surface area contributed by atoms with Gasteiger partial charge in [0.15, 0.2) is 10.9 Å². The third kappa shape index (κ3) is 4.82. The average molecular weight is 350 g/mol. The van der Waals surface area contributed by atoms with Gasteiger partial charge in [-0.3, -0.25) is 10.1 Å². The lowest BCUT2D eigenvalue weighted by Crippen LogP contribution is -2.33. The maximum absolute atomic E-state index is 11.8. The van der Waals surface area contributed by atoms with E-state index in [-0.39, 0.29) is 10.9 Å². The molecule has 0 spiro atoms. The molecule has 0 atom stereocenters. The number of carbonyl (C=O) groups excluding carboxylic acids is 1. The third-order valence-electron chi connectivity index (χ3n) is 3.13. The van der Waals surface area contributed by atoms with E-state index in [1.165, 1.54) is 6.26 Å². The summed E-state index contributed by atoms with van der Waals surface area (Å²) in [5.41, 5.74) is 2.22. The second kappa shape index (κ2) is 7.98. The van der Waals surface area contributed by atoms with E-state index >= 15 is 0 Å². The summed E-state index contributed by atoms with van der Waals surface area (Å²) in [4.78, 5) is 11.8. The number of benzene rings is 2. The first kappa shape index (κ1) is 16.5. The van der Waals surface area contributed by atoms with E-state index in [0.717, 1.165) is 11.4 Å². The molecule has 0 saturated carbocycles. The number of hydrogen-bond donors (Lipinski definition) is 2. The van der Waals surface area contributed by atoms with Gasteiger partial charge in [0.2, 0.25) is 0 Å². The van der Waals surface area contributed by atoms with Crippen LogP contribution in [0.5, 0.6) is 0 Å². The van der Waals surface area contributed by atoms with Crippen molar-refractivity contribution in [3.8, 4) is 0 Å². The molecule has 2 N–H and O–H groups in total. The summed E-state index contributed by atoms with van der Waals surface area (Å²) in [6.07, 6.45) is 1.42. The molecule has 1 amide bonds. The number of hydrogen-bond acceptors (Lipinski definition) is 5. The van der Waals surface area contributed by atoms with Gasteiger partial charge in [0.1, 0.15) is 0 Å². The van der Waals surface area contributed by atoms with Crippen LogP contribution in [0.25, 0.3) is 0 Å². The monoisotopic (exact) mass is 350 g/mol. The van der Waals surface area contributed by atoms with E-state index in [9.17, 15) is 4.79 Å². The summed E-state index contributed by atoms with van der Waals surface area (Å²) in [5, 5.41) is 13.9. The van der Waals surface area contributed by atoms with Crippen LogP contribution in [0.1, 0.15) is 10.6 Å². The zero-order chi connectivity index (χ0) is 17.5. The molecule has 0 fully saturated rings. The summed E-state index contributed by atoms with van der Waals surface area (Å²) in [6.45, 7) is 0. The van der Waals surface area contributed by atoms with Crippen molar-refractivity contribution < 1.29 is 9.21 Å². The minimum absolute atomic E-state index is 0.181. The molecule has 6 nitrogen and oxygen atoms in total. The predicted octanol–water partition coefficient (Wildman–Crippen LogP) is 4.82. The van der Waals surface area contributed by atoms with Crippen molar-refractivity contribution in [2.24, 2.45) is 10.2 Å². The molecule has 3 rings (SSSR count). The largest absolute Gasteiger partial charge is 0.459 e. The SMILES string of the molecule is O=C(NC(=S)Nc1ccc(N=Nc2ccccc2)cc1)c1ccco1. The van der Waals surface area contributed by atoms with Crippen LogP contribution in [0.3, 0.4) is 0 Å². The van der Waals surface area contributed by atoms with E-state index in [2.05, 4.69) is 20.9 Å². The van der Waals surface area contributed by atoms with Crippen molar-refractivity contribution in [2.45, 2.75) is 0 Å². The lowest BCUT2D eigenvalue weighted by Gasteiger charge is -2.08. The van der Waals surface area contributed by atoms with Gasteiger partial charge >= 0.3 is 0 Å². The predicted molar refractivity (Wildman–Crippen MR) is 99.5 cm³/mol. The Labute approximate surface area is 149 Å². The molecule has 7 heteroatoms. The van der Waals surface area contributed by atoms with E-state index in [4.69, 9.17) is 16.6 Å². The molecule has 0 aliphatic carbocycles. The summed E-state index contributed by atoms with van der Waals surface area (Å²) in [5.74, 6) is -0.211. The van der Waals surface area contributed by atoms with Gasteiger partial charge in [-0.25, -0.2) is 0 Å². The number of furan rings is 1. The highest BCUT2D eigenvalue weighted by molar-refractivity contribution is 7.80. The van der Waals surface area contributed by atoms with E-state index in [1.807, 2.05) is 30.3 Å². The summed E-state index contributed by atoms with van der Waals surface area (Å²) < 4.78 is 5.00. The fraction of sp³-hybridized carbons (Fsp3) is 0. The maximum Gasteiger partial charge on any atom is 0.293 e. The molecule has 0 unspecified atom stereocenters. The van der Waals surface area contributed by atoms with Gasteiger partial charge < -0.3 is 9.73 Å². The Balaban J connectivity index is 1.56. The van der Waals surface area contributed by atoms with E-state index in [0.29, 0.717) is 5.69 Å². The first-order valence-electron chi connectivity index (χ1n) is 7.43. The maximum atomic E-state index is 11.8. The molecular formula is C18H14N4O2S. The molecule has 124 valence electrons. The summed E-state index contributed by atoms with van der Waals surface area (Å²) in [7, 11) is 0. The zero-order valence-corrected chi connectivity index (χ0v) is 13.9. The number of azo groups is 1. The highest BCUT2D eigenvalue weighted by Crippen LogP contribution is 2.20. The van der Waals surface area contributed by atoms with Crippen molar-refractivity contribution in [3.05, 3.63) is 78.8 Å². The van der Waals surface area contributed by atoms with Crippen molar-refractivity contribution in [3.63, 3.8) is 0 Å². The summed E-state index contributed by atoms with van der Waals surface area (Å²) in [6, 6.07) is 19.9. The molecule has 0 aliphatic heterocycles. The quantitative estimate of drug-likeness (QED) is 0.522. The van der Waals surface area contributed by atoms with Crippen LogP contribution in [-0.4, -0.2) is 11.0 Å². The number of carbonyl (C=O) groups is 1. The Kier molecular flexibility index (Phi) is 5.28. The van der Waals surface area contributed by atoms with Crippen molar-refractivity contribution in [1.82, 2.24) is 5.32 Å². The average Bonchev–Trinajstić information content (AvgIpc) is 3.17. The minimum Gasteiger partial charge on any atom is -0.459 e. The van der Waals surface area contributed by atoms with Gasteiger partial charge in [-0.2, -0.15) is 10.2 Å². The standard InChI is InChI=1S/C18H14N4O2S/c23-17(16-7-4-12-24-16)20-18(25)19-13-8-10-15(11-9-13)22-21-14-5-2-1-3-6-14/h1-12H,(H2,19,20,23,25). The number of thiocarbonyl (C=S) groups is 1. The van der Waals surface area contributed by atoms with E-state index < -0.39 is 5.91 Å². The van der Waals surface area contributed by atoms with Gasteiger partial charge in [-0.05, 0) is 60.7 Å². The molecule has 0 bridgehead atoms. The molecule has 2 aromatic carbocycles. The Morgan fingerprint density at radius 2 is 1.56 bits per heavy atom. The van der Waals surface area contributed by atoms with E-state index in [1.54, 1.807) is 36.4 Å². The lowest BCUT2D eigenvalue weighted by molar-refractivity contribution is 0.0950. The van der Waals surface area contributed by atoms with Gasteiger partial charge in [0, 0.05) is 5.69 Å². The number of nitrogens with one attached hydrogen (secondary N) is 2. The normalized spacial score (nSPS) is 10.6. The molecule has 1 aromatic heterocycles. The van der Waals surface area contributed by atoms with Crippen LogP contribution in [0.4, 0.5) is 17.1 Å². The number of nitrogens with zero attached hydrogens (tertiary/aromatic N) is 2. The van der Waals surface area contributed by atoms with Gasteiger partial charge in [-0.15, -0.1) is 0 Å². The molecule has 0 aliphatic rings. The van der Waals surface area contributed by atoms with Gasteiger partial charge in [0.25, 0.3) is 5.91 Å². The zero-order valence-electron chi connectivity index (χ0n) is 13.0. The second-order valence-corrected chi connectivity index (χ2v) is 5.38. The van der Waals surface area contributed by atoms with Crippen LogP contribution < -0.4 is 10.6 Å². The van der Waals surface area contributed by atoms with Crippen LogP contribution in [0.15, 0.2) is 87.6 Å². The van der Waals surface area contributed by atoms with Crippen LogP contribution in [0.2, 0.25) is 0 Å². The smallest absolute Gasteiger partial charge is 0.293 e. The minimum atomic E-state index is -0.407. The van der Waals surface area contributed by atoms with Gasteiger partial charge in [0.05, 0.1) is 17.6 Å². The Morgan fingerprint density at radius 3 is 2.20 bits per heavy atom. The molecule has 3 aromatic rings. The number of rotatable bonds is 4. The molecule has 25 heavy (non-hydrogen) atoms. The number of amides is 1. The molecular weight excluding hydrogens is 336 g/mol. The molecule has 1 heterocycles. The highest BCUT2D eigenvalue weighted by atomic mass is 32.1. The first-order valence-corrected chi connectivity index (χ1v) is 7.84. The summed E-state index contributed by atoms with van der Waals surface area (Å²) >= 11 is 5.11. The Hall–Kier alpha value is -3.32. The Morgan fingerprint density at radius 1 is 0.880 bits per heavy atom. The van der Waals surface area contributed by atoms with Crippen molar-refractivity contribution >= 4 is 40.3 Å². The third-order valence-corrected chi connectivity index (χ3v) is 3.34. The highest BCUT2D eigenvalue weighted by Gasteiger charge is 2.10. The first-order chi connectivity index (χ1) is 12.2. The molecule has 0 radical (unpaired) electrons. The van der Waals surface area contributed by atoms with Crippen LogP contribution in [0, 0.1) is 0 Å². The fourth-order valence-corrected chi connectivity index (χ4v) is 2.17.